The minimum absolute atomic E-state index is 0.0733. The average Bonchev–Trinajstić information content (AvgIpc) is 3.45. The van der Waals surface area contributed by atoms with E-state index < -0.39 is 0 Å². The topological polar surface area (TPSA) is 76.7 Å². The van der Waals surface area contributed by atoms with Crippen LogP contribution in [0.5, 0.6) is 0 Å². The molecule has 2 heterocycles. The van der Waals surface area contributed by atoms with Crippen LogP contribution < -0.4 is 10.6 Å². The van der Waals surface area contributed by atoms with Gasteiger partial charge in [-0.15, -0.1) is 0 Å². The lowest BCUT2D eigenvalue weighted by Gasteiger charge is -2.12. The second kappa shape index (κ2) is 9.20. The number of nitrogens with one attached hydrogen (secondary N) is 2. The maximum atomic E-state index is 12.1. The molecule has 6 nitrogen and oxygen atoms in total. The first-order chi connectivity index (χ1) is 14.2. The third-order valence-corrected chi connectivity index (χ3v) is 5.30. The summed E-state index contributed by atoms with van der Waals surface area (Å²) in [5, 5.41) is 5.82. The predicted molar refractivity (Wildman–Crippen MR) is 111 cm³/mol. The first-order valence-corrected chi connectivity index (χ1v) is 10.2. The number of rotatable bonds is 6. The van der Waals surface area contributed by atoms with E-state index in [1.807, 2.05) is 48.5 Å². The third-order valence-electron chi connectivity index (χ3n) is 5.30. The summed E-state index contributed by atoms with van der Waals surface area (Å²) in [6.07, 6.45) is 3.58. The molecule has 0 aromatic heterocycles. The molecule has 2 atom stereocenters. The lowest BCUT2D eigenvalue weighted by Crippen LogP contribution is -2.26. The van der Waals surface area contributed by atoms with Gasteiger partial charge in [-0.1, -0.05) is 24.3 Å². The third kappa shape index (κ3) is 5.22. The Morgan fingerprint density at radius 1 is 0.724 bits per heavy atom. The SMILES string of the molecule is O=C(Nc1ccc(Cc2ccc(NC(=O)[C@@H]3CCCO3)cc2)cc1)[C@@H]1CCCO1. The Morgan fingerprint density at radius 2 is 1.14 bits per heavy atom. The average molecular weight is 394 g/mol. The summed E-state index contributed by atoms with van der Waals surface area (Å²) in [7, 11) is 0. The molecule has 2 aliphatic heterocycles. The summed E-state index contributed by atoms with van der Waals surface area (Å²) in [6, 6.07) is 15.7. The maximum absolute atomic E-state index is 12.1. The molecule has 0 saturated carbocycles. The fraction of sp³-hybridized carbons (Fsp3) is 0.391. The van der Waals surface area contributed by atoms with Crippen molar-refractivity contribution in [2.75, 3.05) is 23.8 Å². The van der Waals surface area contributed by atoms with E-state index in [9.17, 15) is 9.59 Å². The van der Waals surface area contributed by atoms with E-state index in [0.29, 0.717) is 13.2 Å². The monoisotopic (exact) mass is 394 g/mol. The zero-order valence-electron chi connectivity index (χ0n) is 16.4. The van der Waals surface area contributed by atoms with Gasteiger partial charge < -0.3 is 20.1 Å². The zero-order valence-corrected chi connectivity index (χ0v) is 16.4. The van der Waals surface area contributed by atoms with Crippen molar-refractivity contribution in [1.29, 1.82) is 0 Å². The van der Waals surface area contributed by atoms with Gasteiger partial charge in [-0.05, 0) is 67.5 Å². The number of carbonyl (C=O) groups is 2. The highest BCUT2D eigenvalue weighted by molar-refractivity contribution is 5.94. The lowest BCUT2D eigenvalue weighted by atomic mass is 10.0. The van der Waals surface area contributed by atoms with E-state index in [1.165, 1.54) is 0 Å². The van der Waals surface area contributed by atoms with Crippen LogP contribution in [-0.2, 0) is 25.5 Å². The first kappa shape index (κ1) is 19.6. The molecule has 2 aliphatic rings. The number of amides is 2. The van der Waals surface area contributed by atoms with Crippen molar-refractivity contribution < 1.29 is 19.1 Å². The van der Waals surface area contributed by atoms with Crippen molar-refractivity contribution in [3.05, 3.63) is 59.7 Å². The molecule has 0 aliphatic carbocycles. The molecule has 29 heavy (non-hydrogen) atoms. The molecule has 2 aromatic rings. The Balaban J connectivity index is 1.29. The molecule has 2 fully saturated rings. The first-order valence-electron chi connectivity index (χ1n) is 10.2. The molecule has 6 heteroatoms. The minimum atomic E-state index is -0.325. The Kier molecular flexibility index (Phi) is 6.22. The molecule has 0 unspecified atom stereocenters. The van der Waals surface area contributed by atoms with Crippen molar-refractivity contribution in [2.45, 2.75) is 44.3 Å². The van der Waals surface area contributed by atoms with Crippen molar-refractivity contribution in [3.8, 4) is 0 Å². The van der Waals surface area contributed by atoms with Crippen LogP contribution in [0, 0.1) is 0 Å². The van der Waals surface area contributed by atoms with Crippen LogP contribution in [0.25, 0.3) is 0 Å². The van der Waals surface area contributed by atoms with Crippen LogP contribution in [0.1, 0.15) is 36.8 Å². The molecule has 2 amide bonds. The van der Waals surface area contributed by atoms with Crippen LogP contribution in [-0.4, -0.2) is 37.2 Å². The van der Waals surface area contributed by atoms with E-state index in [4.69, 9.17) is 9.47 Å². The fourth-order valence-electron chi connectivity index (χ4n) is 3.66. The summed E-state index contributed by atoms with van der Waals surface area (Å²) < 4.78 is 10.8. The van der Waals surface area contributed by atoms with Crippen LogP contribution in [0.3, 0.4) is 0 Å². The number of hydrogen-bond acceptors (Lipinski definition) is 4. The van der Waals surface area contributed by atoms with Crippen molar-refractivity contribution >= 4 is 23.2 Å². The van der Waals surface area contributed by atoms with Gasteiger partial charge in [-0.2, -0.15) is 0 Å². The molecule has 0 radical (unpaired) electrons. The number of carbonyl (C=O) groups excluding carboxylic acids is 2. The van der Waals surface area contributed by atoms with Gasteiger partial charge >= 0.3 is 0 Å². The smallest absolute Gasteiger partial charge is 0.253 e. The van der Waals surface area contributed by atoms with Gasteiger partial charge in [-0.25, -0.2) is 0 Å². The van der Waals surface area contributed by atoms with E-state index >= 15 is 0 Å². The quantitative estimate of drug-likeness (QED) is 0.786. The normalized spacial score (nSPS) is 21.1. The summed E-state index contributed by atoms with van der Waals surface area (Å²) in [5.41, 5.74) is 3.86. The molecular formula is C23H26N2O4. The van der Waals surface area contributed by atoms with Crippen LogP contribution in [0.2, 0.25) is 0 Å². The summed E-state index contributed by atoms with van der Waals surface area (Å²) >= 11 is 0. The molecular weight excluding hydrogens is 368 g/mol. The predicted octanol–water partition coefficient (Wildman–Crippen LogP) is 3.51. The van der Waals surface area contributed by atoms with E-state index in [1.54, 1.807) is 0 Å². The minimum Gasteiger partial charge on any atom is -0.368 e. The molecule has 0 spiro atoms. The fourth-order valence-corrected chi connectivity index (χ4v) is 3.66. The molecule has 2 aromatic carbocycles. The Hall–Kier alpha value is -2.70. The van der Waals surface area contributed by atoms with Gasteiger partial charge in [-0.3, -0.25) is 9.59 Å². The van der Waals surface area contributed by atoms with E-state index in [2.05, 4.69) is 10.6 Å². The summed E-state index contributed by atoms with van der Waals surface area (Å²) in [6.45, 7) is 1.32. The van der Waals surface area contributed by atoms with Gasteiger partial charge in [0.15, 0.2) is 0 Å². The highest BCUT2D eigenvalue weighted by atomic mass is 16.5. The Labute approximate surface area is 170 Å². The summed E-state index contributed by atoms with van der Waals surface area (Å²) in [4.78, 5) is 24.2. The summed E-state index contributed by atoms with van der Waals surface area (Å²) in [5.74, 6) is -0.147. The Bertz CT molecular complexity index is 765. The molecule has 2 N–H and O–H groups in total. The van der Waals surface area contributed by atoms with Gasteiger partial charge in [0.25, 0.3) is 11.8 Å². The maximum Gasteiger partial charge on any atom is 0.253 e. The van der Waals surface area contributed by atoms with Crippen molar-refractivity contribution in [2.24, 2.45) is 0 Å². The second-order valence-corrected chi connectivity index (χ2v) is 7.55. The molecule has 2 saturated heterocycles. The number of benzene rings is 2. The van der Waals surface area contributed by atoms with Gasteiger partial charge in [0.2, 0.25) is 0 Å². The zero-order chi connectivity index (χ0) is 20.1. The molecule has 4 rings (SSSR count). The van der Waals surface area contributed by atoms with Gasteiger partial charge in [0, 0.05) is 24.6 Å². The standard InChI is InChI=1S/C23H26N2O4/c26-22(20-3-1-13-28-20)24-18-9-5-16(6-10-18)15-17-7-11-19(12-8-17)25-23(27)21-4-2-14-29-21/h5-12,20-21H,1-4,13-15H2,(H,24,26)(H,25,27)/t20-,21-/m0/s1. The number of ether oxygens (including phenoxy) is 2. The van der Waals surface area contributed by atoms with Crippen LogP contribution in [0.4, 0.5) is 11.4 Å². The molecule has 152 valence electrons. The molecule has 0 bridgehead atoms. The van der Waals surface area contributed by atoms with Crippen molar-refractivity contribution in [1.82, 2.24) is 0 Å². The lowest BCUT2D eigenvalue weighted by molar-refractivity contribution is -0.125. The van der Waals surface area contributed by atoms with Crippen LogP contribution >= 0.6 is 0 Å². The highest BCUT2D eigenvalue weighted by Gasteiger charge is 2.24. The number of hydrogen-bond donors (Lipinski definition) is 2. The second-order valence-electron chi connectivity index (χ2n) is 7.55. The van der Waals surface area contributed by atoms with Gasteiger partial charge in [0.05, 0.1) is 0 Å². The van der Waals surface area contributed by atoms with Gasteiger partial charge in [0.1, 0.15) is 12.2 Å². The number of anilines is 2. The van der Waals surface area contributed by atoms with Crippen LogP contribution in [0.15, 0.2) is 48.5 Å². The highest BCUT2D eigenvalue weighted by Crippen LogP contribution is 2.19. The van der Waals surface area contributed by atoms with E-state index in [0.717, 1.165) is 54.6 Å². The van der Waals surface area contributed by atoms with Crippen molar-refractivity contribution in [3.63, 3.8) is 0 Å². The largest absolute Gasteiger partial charge is 0.368 e. The van der Waals surface area contributed by atoms with E-state index in [-0.39, 0.29) is 24.0 Å². The Morgan fingerprint density at radius 3 is 1.48 bits per heavy atom.